The van der Waals surface area contributed by atoms with Crippen molar-refractivity contribution in [2.24, 2.45) is 0 Å². The molecule has 0 fully saturated rings. The highest BCUT2D eigenvalue weighted by Gasteiger charge is 2.42. The number of rotatable bonds is 5. The lowest BCUT2D eigenvalue weighted by molar-refractivity contribution is 0.375. The molecule has 0 radical (unpaired) electrons. The Kier molecular flexibility index (Phi) is 4.47. The summed E-state index contributed by atoms with van der Waals surface area (Å²) < 4.78 is 3.91. The fraction of sp³-hybridized carbons (Fsp3) is 0.0400. The minimum Gasteiger partial charge on any atom is -0.203 e. The van der Waals surface area contributed by atoms with Gasteiger partial charge in [-0.15, -0.1) is 10.2 Å². The van der Waals surface area contributed by atoms with Gasteiger partial charge in [-0.3, -0.25) is 0 Å². The van der Waals surface area contributed by atoms with Gasteiger partial charge in [-0.2, -0.15) is 0 Å². The molecule has 0 aliphatic rings. The second kappa shape index (κ2) is 7.62. The standard InChI is InChI=1S/C25H18N6S/c1-3-11-19(12-4-1)25(32-20-13-5-2-6-14-20,30-23-17-9-7-15-21(23)26-28-30)31-24-18-10-8-16-22(24)27-29-31/h1-18H. The van der Waals surface area contributed by atoms with E-state index < -0.39 is 4.99 Å². The van der Waals surface area contributed by atoms with Crippen LogP contribution in [0.1, 0.15) is 5.56 Å². The van der Waals surface area contributed by atoms with E-state index in [1.165, 1.54) is 0 Å². The zero-order valence-corrected chi connectivity index (χ0v) is 17.8. The molecule has 0 atom stereocenters. The SMILES string of the molecule is c1ccc(SC(c2ccccc2)(n2nnc3ccccc32)n2nnc3ccccc32)cc1. The van der Waals surface area contributed by atoms with Crippen molar-refractivity contribution in [3.63, 3.8) is 0 Å². The van der Waals surface area contributed by atoms with Crippen molar-refractivity contribution in [1.82, 2.24) is 30.0 Å². The van der Waals surface area contributed by atoms with E-state index in [2.05, 4.69) is 44.9 Å². The molecule has 6 rings (SSSR count). The first kappa shape index (κ1) is 18.8. The molecule has 7 heteroatoms. The van der Waals surface area contributed by atoms with Gasteiger partial charge >= 0.3 is 0 Å². The second-order valence-electron chi connectivity index (χ2n) is 7.37. The van der Waals surface area contributed by atoms with Gasteiger partial charge in [0, 0.05) is 10.5 Å². The molecule has 32 heavy (non-hydrogen) atoms. The predicted octanol–water partition coefficient (Wildman–Crippen LogP) is 5.18. The molecule has 0 saturated heterocycles. The van der Waals surface area contributed by atoms with E-state index in [-0.39, 0.29) is 0 Å². The third kappa shape index (κ3) is 2.90. The van der Waals surface area contributed by atoms with E-state index in [1.54, 1.807) is 11.8 Å². The number of fused-ring (bicyclic) bond motifs is 2. The molecule has 0 aliphatic carbocycles. The molecule has 0 aliphatic heterocycles. The Hall–Kier alpha value is -3.97. The number of hydrogen-bond acceptors (Lipinski definition) is 5. The molecule has 0 saturated carbocycles. The average molecular weight is 435 g/mol. The molecule has 0 bridgehead atoms. The van der Waals surface area contributed by atoms with Crippen LogP contribution in [0, 0.1) is 0 Å². The zero-order valence-electron chi connectivity index (χ0n) is 17.0. The average Bonchev–Trinajstić information content (AvgIpc) is 3.49. The molecule has 0 spiro atoms. The first-order valence-electron chi connectivity index (χ1n) is 10.3. The van der Waals surface area contributed by atoms with Gasteiger partial charge in [0.2, 0.25) is 4.99 Å². The van der Waals surface area contributed by atoms with Crippen LogP contribution in [0.15, 0.2) is 114 Å². The van der Waals surface area contributed by atoms with Gasteiger partial charge in [0.05, 0.1) is 11.0 Å². The van der Waals surface area contributed by atoms with Crippen LogP contribution in [0.25, 0.3) is 22.1 Å². The van der Waals surface area contributed by atoms with E-state index in [0.717, 1.165) is 32.5 Å². The van der Waals surface area contributed by atoms with E-state index in [1.807, 2.05) is 94.3 Å². The Morgan fingerprint density at radius 1 is 0.531 bits per heavy atom. The molecule has 2 heterocycles. The van der Waals surface area contributed by atoms with Gasteiger partial charge in [-0.05, 0) is 36.4 Å². The lowest BCUT2D eigenvalue weighted by Crippen LogP contribution is -2.41. The van der Waals surface area contributed by atoms with Crippen LogP contribution in [0.2, 0.25) is 0 Å². The highest BCUT2D eigenvalue weighted by atomic mass is 32.2. The summed E-state index contributed by atoms with van der Waals surface area (Å²) in [6, 6.07) is 36.6. The Bertz CT molecular complexity index is 1430. The fourth-order valence-electron chi connectivity index (χ4n) is 3.97. The van der Waals surface area contributed by atoms with Gasteiger partial charge in [-0.1, -0.05) is 95.0 Å². The first-order chi connectivity index (χ1) is 15.9. The molecule has 0 amide bonds. The van der Waals surface area contributed by atoms with Gasteiger partial charge in [-0.25, -0.2) is 9.36 Å². The first-order valence-corrected chi connectivity index (χ1v) is 11.1. The van der Waals surface area contributed by atoms with Crippen LogP contribution in [-0.4, -0.2) is 30.0 Å². The molecule has 2 aromatic heterocycles. The number of para-hydroxylation sites is 2. The van der Waals surface area contributed by atoms with Gasteiger partial charge < -0.3 is 0 Å². The highest BCUT2D eigenvalue weighted by Crippen LogP contribution is 2.45. The predicted molar refractivity (Wildman–Crippen MR) is 126 cm³/mol. The van der Waals surface area contributed by atoms with Crippen molar-refractivity contribution in [2.75, 3.05) is 0 Å². The Morgan fingerprint density at radius 3 is 1.56 bits per heavy atom. The lowest BCUT2D eigenvalue weighted by atomic mass is 10.1. The minimum absolute atomic E-state index is 0.825. The maximum absolute atomic E-state index is 4.66. The monoisotopic (exact) mass is 434 g/mol. The summed E-state index contributed by atoms with van der Waals surface area (Å²) in [6.45, 7) is 0. The number of benzene rings is 4. The van der Waals surface area contributed by atoms with Crippen molar-refractivity contribution in [2.45, 2.75) is 9.89 Å². The number of nitrogens with zero attached hydrogens (tertiary/aromatic N) is 6. The number of aromatic nitrogens is 6. The smallest absolute Gasteiger partial charge is 0.203 e. The number of hydrogen-bond donors (Lipinski definition) is 0. The summed E-state index contributed by atoms with van der Waals surface area (Å²) in [5.41, 5.74) is 4.50. The van der Waals surface area contributed by atoms with Gasteiger partial charge in [0.15, 0.2) is 0 Å². The fourth-order valence-corrected chi connectivity index (χ4v) is 5.29. The Morgan fingerprint density at radius 2 is 1.00 bits per heavy atom. The summed E-state index contributed by atoms with van der Waals surface area (Å²) in [5, 5.41) is 18.3. The van der Waals surface area contributed by atoms with Crippen molar-refractivity contribution < 1.29 is 0 Å². The Balaban J connectivity index is 1.75. The van der Waals surface area contributed by atoms with Crippen molar-refractivity contribution in [3.8, 4) is 0 Å². The van der Waals surface area contributed by atoms with Crippen molar-refractivity contribution in [3.05, 3.63) is 115 Å². The molecule has 154 valence electrons. The van der Waals surface area contributed by atoms with Gasteiger partial charge in [0.25, 0.3) is 0 Å². The largest absolute Gasteiger partial charge is 0.235 e. The summed E-state index contributed by atoms with van der Waals surface area (Å²) in [6.07, 6.45) is 0. The van der Waals surface area contributed by atoms with E-state index in [0.29, 0.717) is 0 Å². The van der Waals surface area contributed by atoms with Crippen molar-refractivity contribution >= 4 is 33.8 Å². The van der Waals surface area contributed by atoms with E-state index in [9.17, 15) is 0 Å². The molecule has 4 aromatic carbocycles. The molecule has 0 unspecified atom stereocenters. The minimum atomic E-state index is -0.894. The molecular weight excluding hydrogens is 416 g/mol. The lowest BCUT2D eigenvalue weighted by Gasteiger charge is -2.34. The third-order valence-electron chi connectivity index (χ3n) is 5.43. The Labute approximate surface area is 188 Å². The van der Waals surface area contributed by atoms with Crippen molar-refractivity contribution in [1.29, 1.82) is 0 Å². The normalized spacial score (nSPS) is 11.9. The number of thioether (sulfide) groups is 1. The van der Waals surface area contributed by atoms with Gasteiger partial charge in [0.1, 0.15) is 11.0 Å². The maximum atomic E-state index is 4.66. The summed E-state index contributed by atoms with van der Waals surface area (Å²) in [5.74, 6) is 0. The molecular formula is C25H18N6S. The van der Waals surface area contributed by atoms with Crippen LogP contribution in [0.4, 0.5) is 0 Å². The summed E-state index contributed by atoms with van der Waals surface area (Å²) >= 11 is 1.66. The van der Waals surface area contributed by atoms with Crippen LogP contribution in [-0.2, 0) is 4.99 Å². The van der Waals surface area contributed by atoms with E-state index >= 15 is 0 Å². The maximum Gasteiger partial charge on any atom is 0.235 e. The molecule has 0 N–H and O–H groups in total. The van der Waals surface area contributed by atoms with Crippen LogP contribution in [0.3, 0.4) is 0 Å². The van der Waals surface area contributed by atoms with Crippen LogP contribution in [0.5, 0.6) is 0 Å². The summed E-state index contributed by atoms with van der Waals surface area (Å²) in [4.78, 5) is 0.185. The molecule has 6 nitrogen and oxygen atoms in total. The van der Waals surface area contributed by atoms with Crippen LogP contribution >= 0.6 is 11.8 Å². The summed E-state index contributed by atoms with van der Waals surface area (Å²) in [7, 11) is 0. The topological polar surface area (TPSA) is 61.4 Å². The quantitative estimate of drug-likeness (QED) is 0.350. The second-order valence-corrected chi connectivity index (χ2v) is 8.61. The van der Waals surface area contributed by atoms with E-state index in [4.69, 9.17) is 0 Å². The third-order valence-corrected chi connectivity index (χ3v) is 6.81. The molecule has 6 aromatic rings. The zero-order chi connectivity index (χ0) is 21.4. The van der Waals surface area contributed by atoms with Crippen LogP contribution < -0.4 is 0 Å². The highest BCUT2D eigenvalue weighted by molar-refractivity contribution is 8.00.